The van der Waals surface area contributed by atoms with Gasteiger partial charge in [-0.05, 0) is 88.8 Å². The molecule has 6 rings (SSSR count). The van der Waals surface area contributed by atoms with Crippen molar-refractivity contribution in [2.45, 2.75) is 38.5 Å². The summed E-state index contributed by atoms with van der Waals surface area (Å²) in [6.07, 6.45) is 8.07. The molecule has 2 aromatic carbocycles. The molecule has 0 bridgehead atoms. The first-order valence-electron chi connectivity index (χ1n) is 12.5. The number of aryl methyl sites for hydroxylation is 2. The van der Waals surface area contributed by atoms with Gasteiger partial charge in [-0.15, -0.1) is 0 Å². The number of aromatic nitrogens is 2. The summed E-state index contributed by atoms with van der Waals surface area (Å²) in [6.45, 7) is 0. The van der Waals surface area contributed by atoms with E-state index in [-0.39, 0.29) is 5.56 Å². The predicted octanol–water partition coefficient (Wildman–Crippen LogP) is 4.66. The van der Waals surface area contributed by atoms with Gasteiger partial charge in [0.25, 0.3) is 0 Å². The number of fused-ring (bicyclic) bond motifs is 2. The first kappa shape index (κ1) is 29.5. The van der Waals surface area contributed by atoms with Gasteiger partial charge in [0.05, 0.1) is 12.4 Å². The molecule has 0 spiro atoms. The summed E-state index contributed by atoms with van der Waals surface area (Å²) >= 11 is 3.42. The molecule has 2 aliphatic carbocycles. The van der Waals surface area contributed by atoms with Gasteiger partial charge in [0.1, 0.15) is 11.6 Å². The van der Waals surface area contributed by atoms with Gasteiger partial charge in [-0.3, -0.25) is 0 Å². The highest BCUT2D eigenvalue weighted by molar-refractivity contribution is 9.10. The van der Waals surface area contributed by atoms with E-state index in [9.17, 15) is 17.6 Å². The Hall–Kier alpha value is -3.48. The van der Waals surface area contributed by atoms with Crippen molar-refractivity contribution in [3.63, 3.8) is 0 Å². The van der Waals surface area contributed by atoms with Crippen LogP contribution in [0, 0.1) is 23.5 Å². The van der Waals surface area contributed by atoms with Crippen LogP contribution >= 0.6 is 15.9 Å². The topological polar surface area (TPSA) is 118 Å². The van der Waals surface area contributed by atoms with E-state index in [1.54, 1.807) is 6.07 Å². The maximum atomic E-state index is 13.7. The minimum absolute atomic E-state index is 0.176. The lowest BCUT2D eigenvalue weighted by Gasteiger charge is -2.11. The number of halogens is 5. The minimum atomic E-state index is -2.01. The van der Waals surface area contributed by atoms with Crippen LogP contribution in [0.5, 0.6) is 0 Å². The van der Waals surface area contributed by atoms with Crippen LogP contribution in [0.4, 0.5) is 28.9 Å². The third-order valence-electron chi connectivity index (χ3n) is 6.84. The standard InChI is InChI=1S/C14H12F2N2.C9H10BrN.C5H4BF2NO2/c15-12-7-18-13(16)6-11(12)10-5-4-8-2-1-3-9(8)14(10)17;10-8-5-4-6-2-1-3-7(6)9(8)11;7-4-2-9-5(8)1-3(4)6(10)11/h4-7H,1-3,17H2;4-5H,1-3,11H2;1-2,10-11H. The Morgan fingerprint density at radius 3 is 1.85 bits per heavy atom. The van der Waals surface area contributed by atoms with Gasteiger partial charge in [-0.1, -0.05) is 18.2 Å². The molecule has 0 saturated carbocycles. The average Bonchev–Trinajstić information content (AvgIpc) is 3.61. The molecule has 0 radical (unpaired) electrons. The number of anilines is 2. The molecule has 6 N–H and O–H groups in total. The molecule has 0 aliphatic heterocycles. The summed E-state index contributed by atoms with van der Waals surface area (Å²) in [5.74, 6) is -3.15. The van der Waals surface area contributed by atoms with Gasteiger partial charge in [0, 0.05) is 38.5 Å². The van der Waals surface area contributed by atoms with E-state index in [0.717, 1.165) is 53.7 Å². The fraction of sp³-hybridized carbons (Fsp3) is 0.214. The number of nitrogen functional groups attached to an aromatic ring is 2. The van der Waals surface area contributed by atoms with Crippen LogP contribution in [0.25, 0.3) is 11.1 Å². The van der Waals surface area contributed by atoms with Crippen LogP contribution in [0.1, 0.15) is 35.1 Å². The lowest BCUT2D eigenvalue weighted by atomic mass is 9.81. The van der Waals surface area contributed by atoms with Gasteiger partial charge in [0.2, 0.25) is 11.9 Å². The second-order valence-corrected chi connectivity index (χ2v) is 10.2. The normalized spacial score (nSPS) is 13.0. The summed E-state index contributed by atoms with van der Waals surface area (Å²) in [5, 5.41) is 16.9. The monoisotopic (exact) mass is 616 g/mol. The van der Waals surface area contributed by atoms with Crippen molar-refractivity contribution in [2.75, 3.05) is 11.5 Å². The van der Waals surface area contributed by atoms with Crippen molar-refractivity contribution >= 4 is 39.9 Å². The second kappa shape index (κ2) is 12.8. The van der Waals surface area contributed by atoms with E-state index in [0.29, 0.717) is 23.5 Å². The molecule has 0 fully saturated rings. The molecule has 4 aromatic rings. The third kappa shape index (κ3) is 6.63. The fourth-order valence-corrected chi connectivity index (χ4v) is 5.21. The molecule has 0 amide bonds. The number of hydrogen-bond acceptors (Lipinski definition) is 6. The van der Waals surface area contributed by atoms with Crippen molar-refractivity contribution in [1.29, 1.82) is 0 Å². The van der Waals surface area contributed by atoms with Gasteiger partial charge in [0.15, 0.2) is 0 Å². The van der Waals surface area contributed by atoms with Crippen LogP contribution in [-0.4, -0.2) is 27.1 Å². The first-order valence-corrected chi connectivity index (χ1v) is 13.3. The smallest absolute Gasteiger partial charge is 0.423 e. The van der Waals surface area contributed by atoms with Gasteiger partial charge >= 0.3 is 7.12 Å². The fourth-order valence-electron chi connectivity index (χ4n) is 4.84. The Morgan fingerprint density at radius 2 is 1.25 bits per heavy atom. The highest BCUT2D eigenvalue weighted by atomic mass is 79.9. The van der Waals surface area contributed by atoms with Crippen molar-refractivity contribution in [3.05, 3.63) is 99.0 Å². The number of rotatable bonds is 2. The average molecular weight is 617 g/mol. The Labute approximate surface area is 237 Å². The molecule has 12 heteroatoms. The van der Waals surface area contributed by atoms with Gasteiger partial charge in [-0.2, -0.15) is 8.78 Å². The van der Waals surface area contributed by atoms with E-state index < -0.39 is 36.1 Å². The number of nitrogens with zero attached hydrogens (tertiary/aromatic N) is 2. The highest BCUT2D eigenvalue weighted by Gasteiger charge is 2.19. The molecule has 208 valence electrons. The zero-order valence-electron chi connectivity index (χ0n) is 21.3. The zero-order chi connectivity index (χ0) is 29.0. The summed E-state index contributed by atoms with van der Waals surface area (Å²) in [6, 6.07) is 9.63. The Bertz CT molecular complexity index is 1540. The zero-order valence-corrected chi connectivity index (χ0v) is 22.9. The van der Waals surface area contributed by atoms with Crippen LogP contribution in [0.2, 0.25) is 0 Å². The molecule has 0 saturated heterocycles. The Kier molecular flexibility index (Phi) is 9.44. The molecule has 6 nitrogen and oxygen atoms in total. The van der Waals surface area contributed by atoms with E-state index in [1.165, 1.54) is 29.5 Å². The summed E-state index contributed by atoms with van der Waals surface area (Å²) in [4.78, 5) is 6.24. The van der Waals surface area contributed by atoms with E-state index in [4.69, 9.17) is 21.5 Å². The maximum Gasteiger partial charge on any atom is 0.491 e. The number of nitrogens with two attached hydrogens (primary N) is 2. The number of pyridine rings is 2. The molecule has 2 aliphatic rings. The van der Waals surface area contributed by atoms with Crippen molar-refractivity contribution in [3.8, 4) is 11.1 Å². The SMILES string of the molecule is Nc1c(-c2cc(F)ncc2F)ccc2c1CCC2.Nc1c(Br)ccc2c1CCC2.OB(O)c1cc(F)ncc1F. The molecule has 0 atom stereocenters. The summed E-state index contributed by atoms with van der Waals surface area (Å²) in [5.41, 5.74) is 18.8. The summed E-state index contributed by atoms with van der Waals surface area (Å²) < 4.78 is 52.5. The maximum absolute atomic E-state index is 13.7. The predicted molar refractivity (Wildman–Crippen MR) is 151 cm³/mol. The van der Waals surface area contributed by atoms with Crippen LogP contribution in [0.15, 0.2) is 53.3 Å². The summed E-state index contributed by atoms with van der Waals surface area (Å²) in [7, 11) is -2.01. The molecule has 2 heterocycles. The molecule has 2 aromatic heterocycles. The first-order chi connectivity index (χ1) is 19.1. The highest BCUT2D eigenvalue weighted by Crippen LogP contribution is 2.36. The Morgan fingerprint density at radius 1 is 0.700 bits per heavy atom. The lowest BCUT2D eigenvalue weighted by molar-refractivity contribution is 0.421. The third-order valence-corrected chi connectivity index (χ3v) is 7.53. The second-order valence-electron chi connectivity index (χ2n) is 9.36. The molecule has 0 unspecified atom stereocenters. The van der Waals surface area contributed by atoms with Crippen LogP contribution < -0.4 is 16.9 Å². The Balaban J connectivity index is 0.000000146. The van der Waals surface area contributed by atoms with E-state index in [2.05, 4.69) is 32.0 Å². The number of benzene rings is 2. The van der Waals surface area contributed by atoms with Gasteiger partial charge < -0.3 is 21.5 Å². The molecular formula is C28H26BBrF4N4O2. The lowest BCUT2D eigenvalue weighted by Crippen LogP contribution is -2.33. The van der Waals surface area contributed by atoms with Crippen molar-refractivity contribution < 1.29 is 27.6 Å². The van der Waals surface area contributed by atoms with Crippen molar-refractivity contribution in [1.82, 2.24) is 9.97 Å². The van der Waals surface area contributed by atoms with E-state index in [1.807, 2.05) is 12.1 Å². The molecular weight excluding hydrogens is 591 g/mol. The number of hydrogen-bond donors (Lipinski definition) is 4. The van der Waals surface area contributed by atoms with Crippen molar-refractivity contribution in [2.24, 2.45) is 0 Å². The minimum Gasteiger partial charge on any atom is -0.423 e. The van der Waals surface area contributed by atoms with Crippen LogP contribution in [0.3, 0.4) is 0 Å². The largest absolute Gasteiger partial charge is 0.491 e. The molecule has 40 heavy (non-hydrogen) atoms. The van der Waals surface area contributed by atoms with Crippen LogP contribution in [-0.2, 0) is 25.7 Å². The van der Waals surface area contributed by atoms with E-state index >= 15 is 0 Å². The van der Waals surface area contributed by atoms with Gasteiger partial charge in [-0.25, -0.2) is 18.7 Å². The quantitative estimate of drug-likeness (QED) is 0.113.